The van der Waals surface area contributed by atoms with Crippen molar-refractivity contribution in [2.75, 3.05) is 11.9 Å². The fourth-order valence-corrected chi connectivity index (χ4v) is 1.45. The van der Waals surface area contributed by atoms with Gasteiger partial charge in [-0.25, -0.2) is 15.0 Å². The molecule has 0 aliphatic heterocycles. The van der Waals surface area contributed by atoms with Crippen molar-refractivity contribution in [1.82, 2.24) is 15.0 Å². The fourth-order valence-electron chi connectivity index (χ4n) is 1.45. The minimum absolute atomic E-state index is 0.0177. The highest BCUT2D eigenvalue weighted by atomic mass is 16.2. The topological polar surface area (TPSA) is 88.0 Å². The molecule has 2 aromatic heterocycles. The molecule has 0 radical (unpaired) electrons. The summed E-state index contributed by atoms with van der Waals surface area (Å²) < 4.78 is 0. The Morgan fingerprint density at radius 2 is 2.15 bits per heavy atom. The summed E-state index contributed by atoms with van der Waals surface area (Å²) >= 11 is 0. The van der Waals surface area contributed by atoms with E-state index in [1.54, 1.807) is 12.1 Å². The molecule has 0 saturated carbocycles. The molecule has 0 saturated heterocycles. The van der Waals surface area contributed by atoms with Gasteiger partial charge >= 0.3 is 0 Å². The van der Waals surface area contributed by atoms with Gasteiger partial charge < -0.3 is 10.4 Å². The van der Waals surface area contributed by atoms with E-state index < -0.39 is 0 Å². The Bertz CT molecular complexity index is 647. The number of carbonyl (C=O) groups is 1. The van der Waals surface area contributed by atoms with Crippen LogP contribution >= 0.6 is 0 Å². The lowest BCUT2D eigenvalue weighted by atomic mass is 10.2. The number of amides is 1. The van der Waals surface area contributed by atoms with Crippen molar-refractivity contribution in [2.45, 2.75) is 6.42 Å². The summed E-state index contributed by atoms with van der Waals surface area (Å²) in [7, 11) is 0. The van der Waals surface area contributed by atoms with E-state index in [9.17, 15) is 4.79 Å². The van der Waals surface area contributed by atoms with Crippen LogP contribution in [0.1, 0.15) is 22.5 Å². The summed E-state index contributed by atoms with van der Waals surface area (Å²) in [5, 5.41) is 11.4. The summed E-state index contributed by atoms with van der Waals surface area (Å²) in [4.78, 5) is 23.8. The number of rotatable bonds is 3. The Hall–Kier alpha value is -2.78. The first kappa shape index (κ1) is 13.6. The van der Waals surface area contributed by atoms with Crippen LogP contribution in [0.25, 0.3) is 0 Å². The van der Waals surface area contributed by atoms with Gasteiger partial charge in [0.25, 0.3) is 5.91 Å². The van der Waals surface area contributed by atoms with Gasteiger partial charge in [0.2, 0.25) is 0 Å². The van der Waals surface area contributed by atoms with Crippen molar-refractivity contribution in [3.63, 3.8) is 0 Å². The van der Waals surface area contributed by atoms with E-state index >= 15 is 0 Å². The van der Waals surface area contributed by atoms with Crippen LogP contribution in [-0.4, -0.2) is 32.6 Å². The molecule has 1 amide bonds. The smallest absolute Gasteiger partial charge is 0.275 e. The molecule has 6 nitrogen and oxygen atoms in total. The van der Waals surface area contributed by atoms with Crippen LogP contribution in [0.15, 0.2) is 37.1 Å². The number of aromatic nitrogens is 3. The third-order valence-corrected chi connectivity index (χ3v) is 2.30. The van der Waals surface area contributed by atoms with Crippen molar-refractivity contribution < 1.29 is 9.90 Å². The fraction of sp³-hybridized carbons (Fsp3) is 0.143. The number of hydrogen-bond acceptors (Lipinski definition) is 5. The maximum Gasteiger partial charge on any atom is 0.275 e. The predicted octanol–water partition coefficient (Wildman–Crippen LogP) is 0.858. The molecule has 2 N–H and O–H groups in total. The average molecular weight is 268 g/mol. The molecule has 0 unspecified atom stereocenters. The van der Waals surface area contributed by atoms with Gasteiger partial charge in [0.15, 0.2) is 0 Å². The van der Waals surface area contributed by atoms with Crippen molar-refractivity contribution >= 4 is 11.6 Å². The highest BCUT2D eigenvalue weighted by molar-refractivity contribution is 6.04. The second-order valence-electron chi connectivity index (χ2n) is 3.76. The highest BCUT2D eigenvalue weighted by Crippen LogP contribution is 2.08. The number of carbonyl (C=O) groups excluding carboxylic acids is 1. The average Bonchev–Trinajstić information content (AvgIpc) is 2.49. The third-order valence-electron chi connectivity index (χ3n) is 2.30. The zero-order valence-corrected chi connectivity index (χ0v) is 10.6. The number of anilines is 1. The number of pyridine rings is 1. The third kappa shape index (κ3) is 3.60. The van der Waals surface area contributed by atoms with E-state index in [-0.39, 0.29) is 18.2 Å². The first-order valence-electron chi connectivity index (χ1n) is 5.92. The molecular formula is C14H12N4O2. The Labute approximate surface area is 115 Å². The van der Waals surface area contributed by atoms with E-state index in [0.29, 0.717) is 17.7 Å². The Morgan fingerprint density at radius 3 is 2.90 bits per heavy atom. The van der Waals surface area contributed by atoms with E-state index in [2.05, 4.69) is 32.1 Å². The quantitative estimate of drug-likeness (QED) is 0.806. The van der Waals surface area contributed by atoms with Gasteiger partial charge in [0, 0.05) is 12.6 Å². The second-order valence-corrected chi connectivity index (χ2v) is 3.76. The molecular weight excluding hydrogens is 256 g/mol. The largest absolute Gasteiger partial charge is 0.395 e. The Morgan fingerprint density at radius 1 is 1.35 bits per heavy atom. The number of hydrogen-bond donors (Lipinski definition) is 2. The SMILES string of the molecule is O=C(Nc1cncnc1)c1ncccc1C#CCCO. The molecule has 6 heteroatoms. The van der Waals surface area contributed by atoms with Gasteiger partial charge in [0.1, 0.15) is 12.0 Å². The van der Waals surface area contributed by atoms with Crippen LogP contribution < -0.4 is 5.32 Å². The molecule has 0 fully saturated rings. The summed E-state index contributed by atoms with van der Waals surface area (Å²) in [6, 6.07) is 3.40. The van der Waals surface area contributed by atoms with E-state index in [0.717, 1.165) is 0 Å². The monoisotopic (exact) mass is 268 g/mol. The Kier molecular flexibility index (Phi) is 4.76. The van der Waals surface area contributed by atoms with Crippen LogP contribution in [-0.2, 0) is 0 Å². The van der Waals surface area contributed by atoms with Crippen molar-refractivity contribution in [3.8, 4) is 11.8 Å². The lowest BCUT2D eigenvalue weighted by molar-refractivity contribution is 0.102. The summed E-state index contributed by atoms with van der Waals surface area (Å²) in [6.45, 7) is -0.0177. The van der Waals surface area contributed by atoms with Gasteiger partial charge in [-0.1, -0.05) is 11.8 Å². The number of nitrogens with zero attached hydrogens (tertiary/aromatic N) is 3. The van der Waals surface area contributed by atoms with Gasteiger partial charge in [-0.15, -0.1) is 0 Å². The molecule has 100 valence electrons. The molecule has 2 heterocycles. The lowest BCUT2D eigenvalue weighted by Gasteiger charge is -2.04. The van der Waals surface area contributed by atoms with Crippen molar-refractivity contribution in [1.29, 1.82) is 0 Å². The summed E-state index contributed by atoms with van der Waals surface area (Å²) in [5.41, 5.74) is 1.22. The van der Waals surface area contributed by atoms with Crippen LogP contribution in [0, 0.1) is 11.8 Å². The molecule has 20 heavy (non-hydrogen) atoms. The lowest BCUT2D eigenvalue weighted by Crippen LogP contribution is -2.15. The molecule has 0 aliphatic carbocycles. The summed E-state index contributed by atoms with van der Waals surface area (Å²) in [5.74, 6) is 5.20. The van der Waals surface area contributed by atoms with Gasteiger partial charge in [-0.2, -0.15) is 0 Å². The summed E-state index contributed by atoms with van der Waals surface area (Å²) in [6.07, 6.45) is 6.23. The highest BCUT2D eigenvalue weighted by Gasteiger charge is 2.11. The van der Waals surface area contributed by atoms with Crippen LogP contribution in [0.2, 0.25) is 0 Å². The molecule has 0 bridgehead atoms. The maximum atomic E-state index is 12.1. The predicted molar refractivity (Wildman–Crippen MR) is 72.8 cm³/mol. The van der Waals surface area contributed by atoms with Gasteiger partial charge in [-0.3, -0.25) is 4.79 Å². The minimum Gasteiger partial charge on any atom is -0.395 e. The maximum absolute atomic E-state index is 12.1. The zero-order chi connectivity index (χ0) is 14.2. The minimum atomic E-state index is -0.381. The molecule has 0 atom stereocenters. The van der Waals surface area contributed by atoms with Gasteiger partial charge in [0.05, 0.1) is 30.3 Å². The first-order valence-corrected chi connectivity index (χ1v) is 5.92. The van der Waals surface area contributed by atoms with E-state index in [4.69, 9.17) is 5.11 Å². The number of aliphatic hydroxyl groups is 1. The second kappa shape index (κ2) is 6.97. The van der Waals surface area contributed by atoms with Crippen molar-refractivity contribution in [3.05, 3.63) is 48.3 Å². The molecule has 0 aliphatic rings. The van der Waals surface area contributed by atoms with Crippen LogP contribution in [0.3, 0.4) is 0 Å². The van der Waals surface area contributed by atoms with Crippen LogP contribution in [0.5, 0.6) is 0 Å². The van der Waals surface area contributed by atoms with E-state index in [1.807, 2.05) is 0 Å². The number of nitrogens with one attached hydrogen (secondary N) is 1. The van der Waals surface area contributed by atoms with Gasteiger partial charge in [-0.05, 0) is 12.1 Å². The zero-order valence-electron chi connectivity index (χ0n) is 10.6. The van der Waals surface area contributed by atoms with Crippen LogP contribution in [0.4, 0.5) is 5.69 Å². The molecule has 0 spiro atoms. The number of aliphatic hydroxyl groups excluding tert-OH is 1. The van der Waals surface area contributed by atoms with E-state index in [1.165, 1.54) is 24.9 Å². The standard InChI is InChI=1S/C14H12N4O2/c19-7-2-1-4-11-5-3-6-17-13(11)14(20)18-12-8-15-10-16-9-12/h3,5-6,8-10,19H,2,7H2,(H,18,20). The molecule has 2 rings (SSSR count). The Balaban J connectivity index is 2.20. The first-order chi connectivity index (χ1) is 9.81. The molecule has 2 aromatic rings. The molecule has 0 aromatic carbocycles. The van der Waals surface area contributed by atoms with Crippen molar-refractivity contribution in [2.24, 2.45) is 0 Å². The normalized spacial score (nSPS) is 9.45.